The molecule has 2 N–H and O–H groups in total. The molecule has 2 rings (SSSR count). The topological polar surface area (TPSA) is 68.2 Å². The van der Waals surface area contributed by atoms with Gasteiger partial charge in [-0.15, -0.1) is 0 Å². The molecule has 0 fully saturated rings. The Hall–Kier alpha value is -2.06. The minimum atomic E-state index is -0.258. The first-order chi connectivity index (χ1) is 9.58. The van der Waals surface area contributed by atoms with Gasteiger partial charge in [0, 0.05) is 30.0 Å². The Morgan fingerprint density at radius 3 is 2.95 bits per heavy atom. The highest BCUT2D eigenvalue weighted by molar-refractivity contribution is 6.03. The molecule has 1 aliphatic heterocycles. The average molecular weight is 272 g/mol. The lowest BCUT2D eigenvalue weighted by molar-refractivity contribution is -0.117. The van der Waals surface area contributed by atoms with E-state index in [1.165, 1.54) is 0 Å². The van der Waals surface area contributed by atoms with E-state index >= 15 is 0 Å². The lowest BCUT2D eigenvalue weighted by Gasteiger charge is -2.25. The normalized spacial score (nSPS) is 18.1. The van der Waals surface area contributed by atoms with Crippen LogP contribution in [0.5, 0.6) is 0 Å². The Kier molecular flexibility index (Phi) is 4.26. The second kappa shape index (κ2) is 5.93. The number of hydrogen-bond acceptors (Lipinski definition) is 4. The van der Waals surface area contributed by atoms with Crippen molar-refractivity contribution in [2.45, 2.75) is 32.4 Å². The molecule has 0 aromatic heterocycles. The maximum atomic E-state index is 11.9. The van der Waals surface area contributed by atoms with Crippen LogP contribution in [-0.4, -0.2) is 25.5 Å². The van der Waals surface area contributed by atoms with Gasteiger partial charge < -0.3 is 15.5 Å². The fourth-order valence-electron chi connectivity index (χ4n) is 2.40. The zero-order valence-corrected chi connectivity index (χ0v) is 12.1. The summed E-state index contributed by atoms with van der Waals surface area (Å²) in [6.07, 6.45) is 0.472. The predicted molar refractivity (Wildman–Crippen MR) is 79.6 cm³/mol. The van der Waals surface area contributed by atoms with Crippen LogP contribution < -0.4 is 15.5 Å². The first-order valence-electron chi connectivity index (χ1n) is 6.86. The van der Waals surface area contributed by atoms with E-state index in [0.717, 1.165) is 23.5 Å². The maximum Gasteiger partial charge on any atom is 0.246 e. The van der Waals surface area contributed by atoms with Crippen molar-refractivity contribution in [3.05, 3.63) is 23.8 Å². The Labute approximate surface area is 119 Å². The molecule has 0 saturated heterocycles. The summed E-state index contributed by atoms with van der Waals surface area (Å²) in [5, 5.41) is 14.9. The zero-order chi connectivity index (χ0) is 14.7. The smallest absolute Gasteiger partial charge is 0.246 e. The summed E-state index contributed by atoms with van der Waals surface area (Å²) < 4.78 is 0. The molecular weight excluding hydrogens is 252 g/mol. The van der Waals surface area contributed by atoms with Gasteiger partial charge in [-0.05, 0) is 25.6 Å². The molecule has 5 heteroatoms. The molecule has 0 radical (unpaired) electrons. The van der Waals surface area contributed by atoms with Crippen LogP contribution in [0, 0.1) is 11.3 Å². The van der Waals surface area contributed by atoms with Crippen LogP contribution >= 0.6 is 0 Å². The minimum Gasteiger partial charge on any atom is -0.371 e. The van der Waals surface area contributed by atoms with Gasteiger partial charge in [-0.3, -0.25) is 4.79 Å². The van der Waals surface area contributed by atoms with Crippen molar-refractivity contribution in [2.75, 3.05) is 23.8 Å². The number of carbonyl (C=O) groups excluding carboxylic acids is 1. The molecule has 20 heavy (non-hydrogen) atoms. The second-order valence-electron chi connectivity index (χ2n) is 5.07. The first kappa shape index (κ1) is 14.4. The number of nitrogens with zero attached hydrogens (tertiary/aromatic N) is 2. The number of nitrogens with one attached hydrogen (secondary N) is 2. The molecule has 0 aliphatic carbocycles. The highest BCUT2D eigenvalue weighted by atomic mass is 16.2. The van der Waals surface area contributed by atoms with Gasteiger partial charge in [0.05, 0.1) is 12.5 Å². The number of carbonyl (C=O) groups is 1. The quantitative estimate of drug-likeness (QED) is 0.860. The molecule has 1 aromatic rings. The highest BCUT2D eigenvalue weighted by Gasteiger charge is 2.30. The van der Waals surface area contributed by atoms with Gasteiger partial charge in [0.25, 0.3) is 0 Å². The summed E-state index contributed by atoms with van der Waals surface area (Å²) in [4.78, 5) is 14.0. The highest BCUT2D eigenvalue weighted by Crippen LogP contribution is 2.34. The largest absolute Gasteiger partial charge is 0.371 e. The number of nitriles is 1. The standard InChI is InChI=1S/C15H20N4O/c1-4-17-14-12-6-5-11(9-13(12)18-15(14)20)19(3)10(2)7-8-16/h5-6,9-10,14,17H,4,7H2,1-3H3,(H,18,20). The molecule has 2 atom stereocenters. The number of rotatable bonds is 5. The van der Waals surface area contributed by atoms with Crippen LogP contribution in [-0.2, 0) is 4.79 Å². The van der Waals surface area contributed by atoms with Gasteiger partial charge in [-0.25, -0.2) is 0 Å². The number of anilines is 2. The molecule has 1 aromatic carbocycles. The van der Waals surface area contributed by atoms with Gasteiger partial charge >= 0.3 is 0 Å². The minimum absolute atomic E-state index is 0.00766. The van der Waals surface area contributed by atoms with Gasteiger partial charge in [0.2, 0.25) is 5.91 Å². The van der Waals surface area contributed by atoms with E-state index in [9.17, 15) is 4.79 Å². The molecule has 5 nitrogen and oxygen atoms in total. The summed E-state index contributed by atoms with van der Waals surface area (Å²) >= 11 is 0. The monoisotopic (exact) mass is 272 g/mol. The molecule has 1 amide bonds. The zero-order valence-electron chi connectivity index (χ0n) is 12.1. The molecule has 2 unspecified atom stereocenters. The Morgan fingerprint density at radius 2 is 2.30 bits per heavy atom. The summed E-state index contributed by atoms with van der Waals surface area (Å²) in [5.41, 5.74) is 2.85. The van der Waals surface area contributed by atoms with Gasteiger partial charge in [-0.1, -0.05) is 13.0 Å². The lowest BCUT2D eigenvalue weighted by Crippen LogP contribution is -2.28. The van der Waals surface area contributed by atoms with Gasteiger partial charge in [-0.2, -0.15) is 5.26 Å². The van der Waals surface area contributed by atoms with Crippen LogP contribution in [0.3, 0.4) is 0 Å². The van der Waals surface area contributed by atoms with Crippen molar-refractivity contribution in [1.82, 2.24) is 5.32 Å². The third-order valence-corrected chi connectivity index (χ3v) is 3.73. The van der Waals surface area contributed by atoms with E-state index in [1.807, 2.05) is 39.1 Å². The first-order valence-corrected chi connectivity index (χ1v) is 6.86. The van der Waals surface area contributed by atoms with Crippen LogP contribution in [0.15, 0.2) is 18.2 Å². The average Bonchev–Trinajstić information content (AvgIpc) is 2.74. The summed E-state index contributed by atoms with van der Waals surface area (Å²) in [6, 6.07) is 8.01. The molecule has 1 aliphatic rings. The van der Waals surface area contributed by atoms with E-state index < -0.39 is 0 Å². The summed E-state index contributed by atoms with van der Waals surface area (Å²) in [7, 11) is 1.96. The molecule has 0 saturated carbocycles. The third kappa shape index (κ3) is 2.61. The van der Waals surface area contributed by atoms with E-state index in [4.69, 9.17) is 5.26 Å². The van der Waals surface area contributed by atoms with Gasteiger partial charge in [0.1, 0.15) is 6.04 Å². The molecule has 1 heterocycles. The van der Waals surface area contributed by atoms with Crippen molar-refractivity contribution in [3.63, 3.8) is 0 Å². The lowest BCUT2D eigenvalue weighted by atomic mass is 10.1. The van der Waals surface area contributed by atoms with E-state index in [-0.39, 0.29) is 18.0 Å². The number of fused-ring (bicyclic) bond motifs is 1. The van der Waals surface area contributed by atoms with Crippen molar-refractivity contribution >= 4 is 17.3 Å². The second-order valence-corrected chi connectivity index (χ2v) is 5.07. The molecular formula is C15H20N4O. The maximum absolute atomic E-state index is 11.9. The van der Waals surface area contributed by atoms with Crippen molar-refractivity contribution in [3.8, 4) is 6.07 Å². The Bertz CT molecular complexity index is 549. The van der Waals surface area contributed by atoms with E-state index in [2.05, 4.69) is 21.6 Å². The SMILES string of the molecule is CCNC1C(=O)Nc2cc(N(C)C(C)CC#N)ccc21. The summed E-state index contributed by atoms with van der Waals surface area (Å²) in [5.74, 6) is -0.00766. The van der Waals surface area contributed by atoms with Crippen LogP contribution in [0.25, 0.3) is 0 Å². The molecule has 0 spiro atoms. The van der Waals surface area contributed by atoms with E-state index in [1.54, 1.807) is 0 Å². The van der Waals surface area contributed by atoms with Crippen molar-refractivity contribution < 1.29 is 4.79 Å². The van der Waals surface area contributed by atoms with Gasteiger partial charge in [0.15, 0.2) is 0 Å². The van der Waals surface area contributed by atoms with Crippen LogP contribution in [0.4, 0.5) is 11.4 Å². The van der Waals surface area contributed by atoms with Crippen LogP contribution in [0.2, 0.25) is 0 Å². The van der Waals surface area contributed by atoms with Crippen molar-refractivity contribution in [1.29, 1.82) is 5.26 Å². The number of likely N-dealkylation sites (N-methyl/N-ethyl adjacent to an activating group) is 1. The molecule has 0 bridgehead atoms. The number of benzene rings is 1. The number of hydrogen-bond donors (Lipinski definition) is 2. The van der Waals surface area contributed by atoms with Crippen LogP contribution in [0.1, 0.15) is 31.9 Å². The Morgan fingerprint density at radius 1 is 1.55 bits per heavy atom. The fourth-order valence-corrected chi connectivity index (χ4v) is 2.40. The number of amides is 1. The fraction of sp³-hybridized carbons (Fsp3) is 0.467. The predicted octanol–water partition coefficient (Wildman–Crippen LogP) is 2.03. The van der Waals surface area contributed by atoms with Crippen molar-refractivity contribution in [2.24, 2.45) is 0 Å². The molecule has 106 valence electrons. The summed E-state index contributed by atoms with van der Waals surface area (Å²) in [6.45, 7) is 4.74. The third-order valence-electron chi connectivity index (χ3n) is 3.73. The van der Waals surface area contributed by atoms with E-state index in [0.29, 0.717) is 6.42 Å². The Balaban J connectivity index is 2.24.